The lowest BCUT2D eigenvalue weighted by molar-refractivity contribution is -0.141. The van der Waals surface area contributed by atoms with Crippen molar-refractivity contribution in [2.24, 2.45) is 0 Å². The Morgan fingerprint density at radius 3 is 2.50 bits per heavy atom. The Balaban J connectivity index is 1.19. The number of halogens is 3. The Morgan fingerprint density at radius 1 is 0.976 bits per heavy atom. The van der Waals surface area contributed by atoms with E-state index in [-0.39, 0.29) is 6.04 Å². The lowest BCUT2D eigenvalue weighted by Gasteiger charge is -2.38. The fraction of sp³-hybridized carbons (Fsp3) is 0.393. The molecule has 2 aliphatic rings. The first-order chi connectivity index (χ1) is 20.3. The van der Waals surface area contributed by atoms with E-state index in [1.54, 1.807) is 0 Å². The third-order valence-electron chi connectivity index (χ3n) is 8.25. The van der Waals surface area contributed by atoms with Crippen molar-refractivity contribution in [3.63, 3.8) is 0 Å². The number of ether oxygens (including phenoxy) is 1. The molecule has 4 N–H and O–H groups in total. The summed E-state index contributed by atoms with van der Waals surface area (Å²) in [6.45, 7) is 3.55. The molecule has 1 aliphatic heterocycles. The smallest absolute Gasteiger partial charge is 0.383 e. The quantitative estimate of drug-likeness (QED) is 0.265. The molecule has 1 saturated carbocycles. The predicted molar refractivity (Wildman–Crippen MR) is 151 cm³/mol. The van der Waals surface area contributed by atoms with Gasteiger partial charge in [0, 0.05) is 30.1 Å². The molecule has 0 radical (unpaired) electrons. The van der Waals surface area contributed by atoms with Crippen LogP contribution in [-0.2, 0) is 10.9 Å². The topological polar surface area (TPSA) is 136 Å². The maximum absolute atomic E-state index is 12.9. The highest BCUT2D eigenvalue weighted by Gasteiger charge is 2.32. The number of alkyl halides is 3. The summed E-state index contributed by atoms with van der Waals surface area (Å²) >= 11 is 0. The van der Waals surface area contributed by atoms with Gasteiger partial charge in [-0.1, -0.05) is 6.07 Å². The number of morpholine rings is 1. The molecule has 1 saturated heterocycles. The molecule has 42 heavy (non-hydrogen) atoms. The van der Waals surface area contributed by atoms with E-state index >= 15 is 0 Å². The van der Waals surface area contributed by atoms with Crippen LogP contribution in [0.5, 0.6) is 0 Å². The number of H-pyrrole nitrogens is 1. The van der Waals surface area contributed by atoms with Gasteiger partial charge in [0.15, 0.2) is 11.5 Å². The monoisotopic (exact) mass is 578 g/mol. The van der Waals surface area contributed by atoms with Crippen molar-refractivity contribution in [1.29, 1.82) is 0 Å². The summed E-state index contributed by atoms with van der Waals surface area (Å²) in [5.41, 5.74) is 8.72. The van der Waals surface area contributed by atoms with Crippen molar-refractivity contribution in [2.45, 2.75) is 43.9 Å². The lowest BCUT2D eigenvalue weighted by Crippen LogP contribution is -2.45. The highest BCUT2D eigenvalue weighted by atomic mass is 19.4. The molecule has 11 nitrogen and oxygen atoms in total. The van der Waals surface area contributed by atoms with E-state index in [9.17, 15) is 13.2 Å². The predicted octanol–water partition coefficient (Wildman–Crippen LogP) is 4.93. The van der Waals surface area contributed by atoms with Crippen LogP contribution in [0.25, 0.3) is 33.2 Å². The van der Waals surface area contributed by atoms with Crippen LogP contribution in [-0.4, -0.2) is 72.2 Å². The Kier molecular flexibility index (Phi) is 6.66. The Bertz CT molecular complexity index is 1720. The number of anilines is 3. The van der Waals surface area contributed by atoms with Gasteiger partial charge in [0.05, 0.1) is 42.0 Å². The van der Waals surface area contributed by atoms with Crippen molar-refractivity contribution in [2.75, 3.05) is 37.4 Å². The number of rotatable bonds is 5. The van der Waals surface area contributed by atoms with Gasteiger partial charge in [-0.25, -0.2) is 19.6 Å². The molecule has 14 heteroatoms. The highest BCUT2D eigenvalue weighted by molar-refractivity contribution is 6.01. The minimum absolute atomic E-state index is 0.190. The highest BCUT2D eigenvalue weighted by Crippen LogP contribution is 2.38. The number of nitrogen functional groups attached to an aromatic ring is 1. The molecular weight excluding hydrogens is 549 g/mol. The van der Waals surface area contributed by atoms with Crippen molar-refractivity contribution < 1.29 is 17.9 Å². The first kappa shape index (κ1) is 26.6. The van der Waals surface area contributed by atoms with Crippen LogP contribution in [0.4, 0.5) is 30.5 Å². The summed E-state index contributed by atoms with van der Waals surface area (Å²) in [4.78, 5) is 14.9. The van der Waals surface area contributed by atoms with Gasteiger partial charge in [-0.05, 0) is 49.9 Å². The van der Waals surface area contributed by atoms with Crippen LogP contribution < -0.4 is 11.1 Å². The van der Waals surface area contributed by atoms with Crippen LogP contribution >= 0.6 is 0 Å². The van der Waals surface area contributed by atoms with E-state index in [0.29, 0.717) is 40.1 Å². The molecule has 7 rings (SSSR count). The summed E-state index contributed by atoms with van der Waals surface area (Å²) in [5.74, 6) is 0.799. The minimum atomic E-state index is -4.51. The number of pyridine rings is 1. The van der Waals surface area contributed by atoms with Gasteiger partial charge in [-0.15, -0.1) is 0 Å². The van der Waals surface area contributed by atoms with Gasteiger partial charge in [0.1, 0.15) is 23.5 Å². The second-order valence-corrected chi connectivity index (χ2v) is 10.7. The fourth-order valence-electron chi connectivity index (χ4n) is 6.09. The van der Waals surface area contributed by atoms with E-state index in [1.165, 1.54) is 12.4 Å². The SMILES string of the molecule is Nc1ncnc2c1c(-c1ccc3[nH]nc(Nc4ccc(C(F)(F)F)nc4)c3c1)nn2C1CCC(N2CCOCC2)CC1. The van der Waals surface area contributed by atoms with Crippen LogP contribution in [0.1, 0.15) is 37.4 Å². The molecule has 5 heterocycles. The van der Waals surface area contributed by atoms with Crippen molar-refractivity contribution in [1.82, 2.24) is 39.8 Å². The number of aromatic nitrogens is 7. The zero-order valence-corrected chi connectivity index (χ0v) is 22.6. The van der Waals surface area contributed by atoms with E-state index in [1.807, 2.05) is 22.9 Å². The Hall–Kier alpha value is -4.30. The van der Waals surface area contributed by atoms with Gasteiger partial charge in [-0.3, -0.25) is 10.00 Å². The second kappa shape index (κ2) is 10.5. The number of fused-ring (bicyclic) bond motifs is 2. The third-order valence-corrected chi connectivity index (χ3v) is 8.25. The molecule has 2 fully saturated rings. The number of hydrogen-bond acceptors (Lipinski definition) is 9. The molecule has 218 valence electrons. The van der Waals surface area contributed by atoms with Gasteiger partial charge in [0.25, 0.3) is 0 Å². The van der Waals surface area contributed by atoms with Crippen molar-refractivity contribution in [3.05, 3.63) is 48.5 Å². The summed E-state index contributed by atoms with van der Waals surface area (Å²) in [6.07, 6.45) is 2.22. The molecule has 0 atom stereocenters. The molecule has 1 aromatic carbocycles. The number of benzene rings is 1. The summed E-state index contributed by atoms with van der Waals surface area (Å²) in [5, 5.41) is 16.8. The minimum Gasteiger partial charge on any atom is -0.383 e. The average Bonchev–Trinajstić information content (AvgIpc) is 3.60. The van der Waals surface area contributed by atoms with E-state index in [2.05, 4.69) is 35.4 Å². The number of nitrogens with two attached hydrogens (primary N) is 1. The van der Waals surface area contributed by atoms with E-state index in [0.717, 1.165) is 80.7 Å². The van der Waals surface area contributed by atoms with Crippen LogP contribution in [0.15, 0.2) is 42.9 Å². The summed E-state index contributed by atoms with van der Waals surface area (Å²) in [7, 11) is 0. The molecule has 1 aliphatic carbocycles. The van der Waals surface area contributed by atoms with Crippen molar-refractivity contribution >= 4 is 39.3 Å². The molecule has 4 aromatic heterocycles. The summed E-state index contributed by atoms with van der Waals surface area (Å²) in [6, 6.07) is 8.73. The Labute approximate surface area is 238 Å². The zero-order valence-electron chi connectivity index (χ0n) is 22.6. The molecule has 0 bridgehead atoms. The van der Waals surface area contributed by atoms with Gasteiger partial charge in [-0.2, -0.15) is 23.4 Å². The van der Waals surface area contributed by atoms with Crippen molar-refractivity contribution in [3.8, 4) is 11.3 Å². The average molecular weight is 579 g/mol. The zero-order chi connectivity index (χ0) is 28.8. The van der Waals surface area contributed by atoms with Crippen LogP contribution in [0.3, 0.4) is 0 Å². The number of hydrogen-bond donors (Lipinski definition) is 3. The third kappa shape index (κ3) is 4.90. The van der Waals surface area contributed by atoms with Crippen LogP contribution in [0, 0.1) is 0 Å². The largest absolute Gasteiger partial charge is 0.433 e. The van der Waals surface area contributed by atoms with Crippen LogP contribution in [0.2, 0.25) is 0 Å². The maximum atomic E-state index is 12.9. The number of aromatic amines is 1. The molecule has 0 amide bonds. The fourth-order valence-corrected chi connectivity index (χ4v) is 6.09. The molecule has 0 spiro atoms. The first-order valence-corrected chi connectivity index (χ1v) is 13.9. The normalized spacial score (nSPS) is 20.4. The van der Waals surface area contributed by atoms with E-state index < -0.39 is 11.9 Å². The molecule has 5 aromatic rings. The second-order valence-electron chi connectivity index (χ2n) is 10.7. The summed E-state index contributed by atoms with van der Waals surface area (Å²) < 4.78 is 46.3. The number of nitrogens with one attached hydrogen (secondary N) is 2. The van der Waals surface area contributed by atoms with Gasteiger partial charge < -0.3 is 15.8 Å². The van der Waals surface area contributed by atoms with Gasteiger partial charge >= 0.3 is 6.18 Å². The first-order valence-electron chi connectivity index (χ1n) is 13.9. The molecule has 0 unspecified atom stereocenters. The van der Waals surface area contributed by atoms with Gasteiger partial charge in [0.2, 0.25) is 0 Å². The molecular formula is C28H29F3N10O. The Morgan fingerprint density at radius 2 is 1.76 bits per heavy atom. The van der Waals surface area contributed by atoms with E-state index in [4.69, 9.17) is 15.6 Å². The number of nitrogens with zero attached hydrogens (tertiary/aromatic N) is 7. The maximum Gasteiger partial charge on any atom is 0.433 e. The standard InChI is InChI=1S/C28H29F3N10O/c29-28(30,31)22-8-2-17(14-33-22)36-26-20-13-16(1-7-21(20)37-38-26)24-23-25(32)34-15-35-27(23)41(39-24)19-5-3-18(4-6-19)40-9-11-42-12-10-40/h1-2,7-8,13-15,18-19H,3-6,9-12H2,(H2,32,34,35)(H2,36,37,38). The lowest BCUT2D eigenvalue weighted by atomic mass is 9.90.